The van der Waals surface area contributed by atoms with Gasteiger partial charge in [-0.3, -0.25) is 9.80 Å². The number of likely N-dealkylation sites (N-methyl/N-ethyl adjacent to an activating group) is 1. The molecule has 0 aliphatic carbocycles. The van der Waals surface area contributed by atoms with Crippen molar-refractivity contribution in [2.24, 2.45) is 0 Å². The molecular weight excluding hydrogens is 238 g/mol. The highest BCUT2D eigenvalue weighted by Crippen LogP contribution is 2.24. The summed E-state index contributed by atoms with van der Waals surface area (Å²) in [6.45, 7) is 13.3. The molecule has 4 heteroatoms. The zero-order valence-corrected chi connectivity index (χ0v) is 13.1. The summed E-state index contributed by atoms with van der Waals surface area (Å²) in [5.41, 5.74) is 0.269. The van der Waals surface area contributed by atoms with Crippen molar-refractivity contribution < 1.29 is 4.74 Å². The Hall–Kier alpha value is -0.160. The van der Waals surface area contributed by atoms with Crippen molar-refractivity contribution in [1.29, 1.82) is 0 Å². The molecular formula is C15H31N3O. The third-order valence-electron chi connectivity index (χ3n) is 4.80. The standard InChI is InChI=1S/C15H31N3O/c1-5-7-16-13-6-10-19-11-14(13)18-9-8-17(4)15(2,3)12-18/h13-14,16H,5-12H2,1-4H3. The number of rotatable bonds is 4. The van der Waals surface area contributed by atoms with E-state index in [-0.39, 0.29) is 5.54 Å². The second-order valence-electron chi connectivity index (χ2n) is 6.70. The Kier molecular flexibility index (Phi) is 5.23. The van der Waals surface area contributed by atoms with Crippen LogP contribution in [0.25, 0.3) is 0 Å². The van der Waals surface area contributed by atoms with Gasteiger partial charge >= 0.3 is 0 Å². The van der Waals surface area contributed by atoms with Crippen LogP contribution in [0, 0.1) is 0 Å². The van der Waals surface area contributed by atoms with Crippen LogP contribution in [-0.4, -0.2) is 73.9 Å². The molecule has 0 bridgehead atoms. The summed E-state index contributed by atoms with van der Waals surface area (Å²) in [6.07, 6.45) is 2.36. The summed E-state index contributed by atoms with van der Waals surface area (Å²) in [5.74, 6) is 0. The molecule has 2 heterocycles. The van der Waals surface area contributed by atoms with E-state index in [1.165, 1.54) is 6.42 Å². The lowest BCUT2D eigenvalue weighted by Crippen LogP contribution is -2.64. The number of nitrogens with zero attached hydrogens (tertiary/aromatic N) is 2. The number of nitrogens with one attached hydrogen (secondary N) is 1. The number of hydrogen-bond acceptors (Lipinski definition) is 4. The molecule has 2 atom stereocenters. The Bertz CT molecular complexity index is 283. The minimum atomic E-state index is 0.269. The Morgan fingerprint density at radius 2 is 2.11 bits per heavy atom. The van der Waals surface area contributed by atoms with Crippen LogP contribution in [0.15, 0.2) is 0 Å². The van der Waals surface area contributed by atoms with Crippen molar-refractivity contribution in [1.82, 2.24) is 15.1 Å². The minimum Gasteiger partial charge on any atom is -0.380 e. The molecule has 0 aromatic heterocycles. The first kappa shape index (κ1) is 15.2. The lowest BCUT2D eigenvalue weighted by atomic mass is 9.94. The van der Waals surface area contributed by atoms with Gasteiger partial charge in [0.2, 0.25) is 0 Å². The Morgan fingerprint density at radius 3 is 2.79 bits per heavy atom. The normalized spacial score (nSPS) is 33.5. The van der Waals surface area contributed by atoms with Crippen LogP contribution < -0.4 is 5.32 Å². The van der Waals surface area contributed by atoms with Crippen LogP contribution in [0.4, 0.5) is 0 Å². The van der Waals surface area contributed by atoms with Gasteiger partial charge in [-0.25, -0.2) is 0 Å². The van der Waals surface area contributed by atoms with Gasteiger partial charge in [0.05, 0.1) is 6.61 Å². The largest absolute Gasteiger partial charge is 0.380 e. The van der Waals surface area contributed by atoms with E-state index >= 15 is 0 Å². The predicted molar refractivity (Wildman–Crippen MR) is 79.6 cm³/mol. The van der Waals surface area contributed by atoms with Crippen molar-refractivity contribution in [2.75, 3.05) is 46.4 Å². The summed E-state index contributed by atoms with van der Waals surface area (Å²) in [6, 6.07) is 1.15. The van der Waals surface area contributed by atoms with Gasteiger partial charge in [-0.2, -0.15) is 0 Å². The second kappa shape index (κ2) is 6.53. The third kappa shape index (κ3) is 3.69. The van der Waals surface area contributed by atoms with E-state index in [2.05, 4.69) is 42.9 Å². The average Bonchev–Trinajstić information content (AvgIpc) is 2.40. The van der Waals surface area contributed by atoms with Crippen LogP contribution in [0.2, 0.25) is 0 Å². The van der Waals surface area contributed by atoms with E-state index in [0.29, 0.717) is 12.1 Å². The molecule has 2 aliphatic rings. The van der Waals surface area contributed by atoms with Crippen molar-refractivity contribution in [2.45, 2.75) is 51.2 Å². The van der Waals surface area contributed by atoms with E-state index in [9.17, 15) is 0 Å². The van der Waals surface area contributed by atoms with E-state index in [4.69, 9.17) is 4.74 Å². The maximum absolute atomic E-state index is 5.75. The summed E-state index contributed by atoms with van der Waals surface area (Å²) < 4.78 is 5.75. The Balaban J connectivity index is 1.97. The average molecular weight is 269 g/mol. The molecule has 0 radical (unpaired) electrons. The van der Waals surface area contributed by atoms with Crippen LogP contribution >= 0.6 is 0 Å². The fourth-order valence-electron chi connectivity index (χ4n) is 3.21. The lowest BCUT2D eigenvalue weighted by Gasteiger charge is -2.50. The first-order chi connectivity index (χ1) is 9.04. The van der Waals surface area contributed by atoms with Crippen LogP contribution in [-0.2, 0) is 4.74 Å². The van der Waals surface area contributed by atoms with Crippen molar-refractivity contribution in [3.63, 3.8) is 0 Å². The maximum Gasteiger partial charge on any atom is 0.0637 e. The van der Waals surface area contributed by atoms with Gasteiger partial charge in [-0.1, -0.05) is 6.92 Å². The van der Waals surface area contributed by atoms with Gasteiger partial charge in [-0.05, 0) is 40.3 Å². The SMILES string of the molecule is CCCNC1CCOCC1N1CCN(C)C(C)(C)C1. The summed E-state index contributed by atoms with van der Waals surface area (Å²) in [7, 11) is 2.24. The summed E-state index contributed by atoms with van der Waals surface area (Å²) in [4.78, 5) is 5.12. The van der Waals surface area contributed by atoms with Crippen molar-refractivity contribution >= 4 is 0 Å². The number of ether oxygens (including phenoxy) is 1. The third-order valence-corrected chi connectivity index (χ3v) is 4.80. The minimum absolute atomic E-state index is 0.269. The van der Waals surface area contributed by atoms with Crippen LogP contribution in [0.3, 0.4) is 0 Å². The molecule has 1 N–H and O–H groups in total. The van der Waals surface area contributed by atoms with E-state index < -0.39 is 0 Å². The molecule has 0 aromatic rings. The molecule has 2 saturated heterocycles. The molecule has 2 aliphatic heterocycles. The molecule has 2 fully saturated rings. The van der Waals surface area contributed by atoms with Gasteiger partial charge in [0, 0.05) is 43.9 Å². The molecule has 2 unspecified atom stereocenters. The van der Waals surface area contributed by atoms with E-state index in [1.54, 1.807) is 0 Å². The highest BCUT2D eigenvalue weighted by Gasteiger charge is 2.37. The zero-order valence-electron chi connectivity index (χ0n) is 13.1. The highest BCUT2D eigenvalue weighted by molar-refractivity contribution is 4.95. The van der Waals surface area contributed by atoms with Crippen LogP contribution in [0.5, 0.6) is 0 Å². The van der Waals surface area contributed by atoms with E-state index in [0.717, 1.165) is 45.8 Å². The summed E-state index contributed by atoms with van der Waals surface area (Å²) in [5, 5.41) is 3.72. The van der Waals surface area contributed by atoms with Crippen molar-refractivity contribution in [3.8, 4) is 0 Å². The van der Waals surface area contributed by atoms with Gasteiger partial charge in [0.15, 0.2) is 0 Å². The first-order valence-electron chi connectivity index (χ1n) is 7.81. The fraction of sp³-hybridized carbons (Fsp3) is 1.00. The van der Waals surface area contributed by atoms with Gasteiger partial charge in [0.1, 0.15) is 0 Å². The van der Waals surface area contributed by atoms with Crippen LogP contribution in [0.1, 0.15) is 33.6 Å². The molecule has 0 aromatic carbocycles. The maximum atomic E-state index is 5.75. The van der Waals surface area contributed by atoms with Gasteiger partial charge in [0.25, 0.3) is 0 Å². The summed E-state index contributed by atoms with van der Waals surface area (Å²) >= 11 is 0. The number of piperazine rings is 1. The monoisotopic (exact) mass is 269 g/mol. The molecule has 4 nitrogen and oxygen atoms in total. The molecule has 0 saturated carbocycles. The molecule has 0 spiro atoms. The zero-order chi connectivity index (χ0) is 13.9. The molecule has 112 valence electrons. The van der Waals surface area contributed by atoms with Gasteiger partial charge < -0.3 is 10.1 Å². The Labute approximate surface area is 118 Å². The number of hydrogen-bond donors (Lipinski definition) is 1. The Morgan fingerprint density at radius 1 is 1.32 bits per heavy atom. The van der Waals surface area contributed by atoms with Gasteiger partial charge in [-0.15, -0.1) is 0 Å². The van der Waals surface area contributed by atoms with E-state index in [1.807, 2.05) is 0 Å². The fourth-order valence-corrected chi connectivity index (χ4v) is 3.21. The van der Waals surface area contributed by atoms with Crippen molar-refractivity contribution in [3.05, 3.63) is 0 Å². The predicted octanol–water partition coefficient (Wildman–Crippen LogP) is 1.17. The molecule has 19 heavy (non-hydrogen) atoms. The topological polar surface area (TPSA) is 27.7 Å². The quantitative estimate of drug-likeness (QED) is 0.829. The molecule has 0 amide bonds. The second-order valence-corrected chi connectivity index (χ2v) is 6.70. The first-order valence-corrected chi connectivity index (χ1v) is 7.81. The lowest BCUT2D eigenvalue weighted by molar-refractivity contribution is -0.0471. The molecule has 2 rings (SSSR count). The highest BCUT2D eigenvalue weighted by atomic mass is 16.5. The smallest absolute Gasteiger partial charge is 0.0637 e.